The van der Waals surface area contributed by atoms with Gasteiger partial charge in [0.15, 0.2) is 5.82 Å². The van der Waals surface area contributed by atoms with E-state index in [0.29, 0.717) is 17.6 Å². The standard InChI is InChI=1S/C13H13N3O3S2/c1-8-9(2)18-12(14-8)7-21(17)6-11-15-13(19-16-11)10-3-4-20-5-10/h3-5H,6-7H2,1-2H3/t21-/m0/s1. The molecule has 0 saturated heterocycles. The Balaban J connectivity index is 1.65. The average Bonchev–Trinajstić information content (AvgIpc) is 3.12. The van der Waals surface area contributed by atoms with Gasteiger partial charge in [-0.1, -0.05) is 5.16 Å². The van der Waals surface area contributed by atoms with E-state index >= 15 is 0 Å². The van der Waals surface area contributed by atoms with E-state index in [9.17, 15) is 4.21 Å². The number of aromatic nitrogens is 3. The van der Waals surface area contributed by atoms with Crippen molar-refractivity contribution in [3.05, 3.63) is 40.0 Å². The largest absolute Gasteiger partial charge is 0.445 e. The summed E-state index contributed by atoms with van der Waals surface area (Å²) in [6, 6.07) is 1.90. The van der Waals surface area contributed by atoms with Crippen LogP contribution in [0, 0.1) is 13.8 Å². The van der Waals surface area contributed by atoms with Crippen LogP contribution >= 0.6 is 11.3 Å². The molecule has 3 aromatic rings. The van der Waals surface area contributed by atoms with Crippen LogP contribution in [0.25, 0.3) is 11.5 Å². The molecule has 3 aromatic heterocycles. The van der Waals surface area contributed by atoms with Crippen molar-refractivity contribution in [1.29, 1.82) is 0 Å². The Kier molecular flexibility index (Phi) is 3.98. The molecule has 0 aromatic carbocycles. The van der Waals surface area contributed by atoms with E-state index in [-0.39, 0.29) is 11.5 Å². The SMILES string of the molecule is Cc1nc(C[S@@](=O)Cc2noc(-c3ccsc3)n2)oc1C. The van der Waals surface area contributed by atoms with Crippen molar-refractivity contribution < 1.29 is 13.1 Å². The molecule has 3 heterocycles. The monoisotopic (exact) mass is 323 g/mol. The summed E-state index contributed by atoms with van der Waals surface area (Å²) in [7, 11) is -1.19. The van der Waals surface area contributed by atoms with Crippen LogP contribution in [0.3, 0.4) is 0 Å². The predicted molar refractivity (Wildman–Crippen MR) is 79.1 cm³/mol. The molecule has 3 rings (SSSR count). The Morgan fingerprint density at radius 1 is 1.29 bits per heavy atom. The van der Waals surface area contributed by atoms with Crippen LogP contribution < -0.4 is 0 Å². The minimum absolute atomic E-state index is 0.216. The number of aryl methyl sites for hydroxylation is 2. The van der Waals surface area contributed by atoms with Crippen LogP contribution in [0.2, 0.25) is 0 Å². The molecule has 110 valence electrons. The Bertz CT molecular complexity index is 742. The molecule has 0 radical (unpaired) electrons. The molecular formula is C13H13N3O3S2. The van der Waals surface area contributed by atoms with E-state index in [1.54, 1.807) is 11.3 Å². The average molecular weight is 323 g/mol. The Hall–Kier alpha value is -1.80. The van der Waals surface area contributed by atoms with Crippen LogP contribution in [0.4, 0.5) is 0 Å². The van der Waals surface area contributed by atoms with Gasteiger partial charge in [0.2, 0.25) is 5.89 Å². The van der Waals surface area contributed by atoms with Gasteiger partial charge >= 0.3 is 0 Å². The van der Waals surface area contributed by atoms with Gasteiger partial charge in [-0.3, -0.25) is 4.21 Å². The second-order valence-corrected chi connectivity index (χ2v) is 6.74. The van der Waals surface area contributed by atoms with Crippen molar-refractivity contribution >= 4 is 22.1 Å². The summed E-state index contributed by atoms with van der Waals surface area (Å²) in [5, 5.41) is 7.71. The van der Waals surface area contributed by atoms with Gasteiger partial charge in [-0.25, -0.2) is 4.98 Å². The molecule has 0 fully saturated rings. The van der Waals surface area contributed by atoms with Crippen LogP contribution in [-0.4, -0.2) is 19.3 Å². The fourth-order valence-corrected chi connectivity index (χ4v) is 3.29. The van der Waals surface area contributed by atoms with E-state index in [2.05, 4.69) is 15.1 Å². The minimum Gasteiger partial charge on any atom is -0.445 e. The predicted octanol–water partition coefficient (Wildman–Crippen LogP) is 2.85. The summed E-state index contributed by atoms with van der Waals surface area (Å²) in [6.45, 7) is 3.69. The first kappa shape index (κ1) is 14.2. The maximum absolute atomic E-state index is 12.1. The number of hydrogen-bond donors (Lipinski definition) is 0. The highest BCUT2D eigenvalue weighted by Crippen LogP contribution is 2.20. The lowest BCUT2D eigenvalue weighted by atomic mass is 10.3. The lowest BCUT2D eigenvalue weighted by molar-refractivity contribution is 0.425. The first-order valence-electron chi connectivity index (χ1n) is 6.25. The van der Waals surface area contributed by atoms with Crippen LogP contribution in [-0.2, 0) is 22.3 Å². The quantitative estimate of drug-likeness (QED) is 0.718. The Morgan fingerprint density at radius 2 is 2.14 bits per heavy atom. The normalized spacial score (nSPS) is 12.7. The number of rotatable bonds is 5. The van der Waals surface area contributed by atoms with Gasteiger partial charge in [0.25, 0.3) is 5.89 Å². The molecule has 0 aliphatic rings. The summed E-state index contributed by atoms with van der Waals surface area (Å²) in [6.07, 6.45) is 0. The first-order valence-corrected chi connectivity index (χ1v) is 8.68. The molecule has 0 spiro atoms. The van der Waals surface area contributed by atoms with Crippen molar-refractivity contribution in [3.63, 3.8) is 0 Å². The highest BCUT2D eigenvalue weighted by molar-refractivity contribution is 7.83. The molecule has 0 unspecified atom stereocenters. The van der Waals surface area contributed by atoms with Crippen molar-refractivity contribution in [2.45, 2.75) is 25.4 Å². The van der Waals surface area contributed by atoms with Gasteiger partial charge in [0.05, 0.1) is 17.0 Å². The molecular weight excluding hydrogens is 310 g/mol. The zero-order valence-corrected chi connectivity index (χ0v) is 13.2. The van der Waals surface area contributed by atoms with Crippen molar-refractivity contribution in [2.75, 3.05) is 0 Å². The zero-order valence-electron chi connectivity index (χ0n) is 11.5. The molecule has 0 bridgehead atoms. The summed E-state index contributed by atoms with van der Waals surface area (Å²) in [4.78, 5) is 8.46. The Labute approximate surface area is 127 Å². The van der Waals surface area contributed by atoms with E-state index in [1.807, 2.05) is 30.7 Å². The molecule has 21 heavy (non-hydrogen) atoms. The van der Waals surface area contributed by atoms with Gasteiger partial charge in [-0.15, -0.1) is 0 Å². The van der Waals surface area contributed by atoms with Crippen LogP contribution in [0.1, 0.15) is 23.2 Å². The molecule has 6 nitrogen and oxygen atoms in total. The fraction of sp³-hybridized carbons (Fsp3) is 0.308. The summed E-state index contributed by atoms with van der Waals surface area (Å²) in [5.41, 5.74) is 1.70. The molecule has 0 saturated carbocycles. The van der Waals surface area contributed by atoms with Crippen molar-refractivity contribution in [2.24, 2.45) is 0 Å². The third-order valence-corrected chi connectivity index (χ3v) is 4.72. The van der Waals surface area contributed by atoms with Crippen LogP contribution in [0.5, 0.6) is 0 Å². The number of oxazole rings is 1. The molecule has 0 aliphatic carbocycles. The summed E-state index contributed by atoms with van der Waals surface area (Å²) in [5.74, 6) is 2.57. The third kappa shape index (κ3) is 3.27. The Morgan fingerprint density at radius 3 is 2.81 bits per heavy atom. The van der Waals surface area contributed by atoms with Gasteiger partial charge in [-0.05, 0) is 25.3 Å². The van der Waals surface area contributed by atoms with E-state index in [1.165, 1.54) is 0 Å². The lowest BCUT2D eigenvalue weighted by Gasteiger charge is -1.94. The number of nitrogens with zero attached hydrogens (tertiary/aromatic N) is 3. The van der Waals surface area contributed by atoms with Gasteiger partial charge in [-0.2, -0.15) is 16.3 Å². The van der Waals surface area contributed by atoms with Crippen molar-refractivity contribution in [3.8, 4) is 11.5 Å². The van der Waals surface area contributed by atoms with Gasteiger partial charge in [0, 0.05) is 16.2 Å². The molecule has 0 amide bonds. The summed E-state index contributed by atoms with van der Waals surface area (Å²) < 4.78 is 22.7. The maximum atomic E-state index is 12.1. The van der Waals surface area contributed by atoms with Gasteiger partial charge in [0.1, 0.15) is 11.5 Å². The highest BCUT2D eigenvalue weighted by Gasteiger charge is 2.14. The third-order valence-electron chi connectivity index (χ3n) is 2.88. The second-order valence-electron chi connectivity index (χ2n) is 4.51. The molecule has 1 atom stereocenters. The second kappa shape index (κ2) is 5.90. The fourth-order valence-electron chi connectivity index (χ4n) is 1.75. The smallest absolute Gasteiger partial charge is 0.258 e. The highest BCUT2D eigenvalue weighted by atomic mass is 32.2. The number of hydrogen-bond acceptors (Lipinski definition) is 7. The van der Waals surface area contributed by atoms with E-state index in [4.69, 9.17) is 8.94 Å². The first-order chi connectivity index (χ1) is 10.1. The topological polar surface area (TPSA) is 82.0 Å². The van der Waals surface area contributed by atoms with Crippen LogP contribution in [0.15, 0.2) is 25.8 Å². The van der Waals surface area contributed by atoms with Crippen molar-refractivity contribution in [1.82, 2.24) is 15.1 Å². The maximum Gasteiger partial charge on any atom is 0.258 e. The molecule has 0 aliphatic heterocycles. The zero-order chi connectivity index (χ0) is 14.8. The summed E-state index contributed by atoms with van der Waals surface area (Å²) >= 11 is 1.55. The lowest BCUT2D eigenvalue weighted by Crippen LogP contribution is -2.01. The molecule has 0 N–H and O–H groups in total. The van der Waals surface area contributed by atoms with E-state index in [0.717, 1.165) is 17.0 Å². The minimum atomic E-state index is -1.19. The number of thiophene rings is 1. The molecule has 8 heteroatoms. The van der Waals surface area contributed by atoms with Gasteiger partial charge < -0.3 is 8.94 Å². The van der Waals surface area contributed by atoms with E-state index < -0.39 is 10.8 Å².